The molecule has 1 heterocycles. The maximum Gasteiger partial charge on any atom is 0.222 e. The Labute approximate surface area is 120 Å². The highest BCUT2D eigenvalue weighted by molar-refractivity contribution is 5.41. The van der Waals surface area contributed by atoms with Gasteiger partial charge in [-0.25, -0.2) is 4.98 Å². The van der Waals surface area contributed by atoms with Crippen molar-refractivity contribution in [1.82, 2.24) is 4.98 Å². The number of hydrogen-bond acceptors (Lipinski definition) is 3. The Morgan fingerprint density at radius 2 is 2.05 bits per heavy atom. The molecule has 1 aromatic carbocycles. The van der Waals surface area contributed by atoms with Crippen LogP contribution in [-0.2, 0) is 6.42 Å². The van der Waals surface area contributed by atoms with Crippen molar-refractivity contribution in [2.45, 2.75) is 33.1 Å². The Bertz CT molecular complexity index is 579. The number of nitrogens with zero attached hydrogens (tertiary/aromatic N) is 1. The van der Waals surface area contributed by atoms with Gasteiger partial charge in [-0.15, -0.1) is 0 Å². The monoisotopic (exact) mass is 270 g/mol. The maximum atomic E-state index is 6.02. The van der Waals surface area contributed by atoms with Gasteiger partial charge >= 0.3 is 0 Å². The highest BCUT2D eigenvalue weighted by Crippen LogP contribution is 2.29. The zero-order chi connectivity index (χ0) is 14.5. The van der Waals surface area contributed by atoms with Crippen molar-refractivity contribution in [3.63, 3.8) is 0 Å². The van der Waals surface area contributed by atoms with E-state index in [9.17, 15) is 0 Å². The Balaban J connectivity index is 2.32. The average Bonchev–Trinajstić information content (AvgIpc) is 2.43. The highest BCUT2D eigenvalue weighted by atomic mass is 16.5. The van der Waals surface area contributed by atoms with Crippen LogP contribution in [-0.4, -0.2) is 11.5 Å². The van der Waals surface area contributed by atoms with Crippen molar-refractivity contribution in [3.8, 4) is 11.6 Å². The lowest BCUT2D eigenvalue weighted by molar-refractivity contribution is 0.452. The molecule has 0 aliphatic rings. The van der Waals surface area contributed by atoms with Crippen molar-refractivity contribution < 1.29 is 4.74 Å². The average molecular weight is 270 g/mol. The zero-order valence-corrected chi connectivity index (χ0v) is 12.4. The minimum absolute atomic E-state index is 0.477. The van der Waals surface area contributed by atoms with E-state index in [1.807, 2.05) is 19.1 Å². The molecule has 0 aliphatic carbocycles. The molecule has 0 aliphatic heterocycles. The fourth-order valence-electron chi connectivity index (χ4n) is 2.05. The molecule has 0 spiro atoms. The van der Waals surface area contributed by atoms with Crippen molar-refractivity contribution >= 4 is 0 Å². The Morgan fingerprint density at radius 1 is 1.25 bits per heavy atom. The standard InChI is InChI=1S/C17H22N2O/c1-12(2)15-7-6-13(3)16(11-15)20-17-14(8-9-18)5-4-10-19-17/h4-7,10-12H,8-9,18H2,1-3H3. The van der Waals surface area contributed by atoms with Crippen LogP contribution in [0.25, 0.3) is 0 Å². The van der Waals surface area contributed by atoms with E-state index in [2.05, 4.69) is 37.0 Å². The summed E-state index contributed by atoms with van der Waals surface area (Å²) in [5, 5.41) is 0. The molecule has 0 amide bonds. The molecule has 0 unspecified atom stereocenters. The molecule has 2 N–H and O–H groups in total. The van der Waals surface area contributed by atoms with Crippen LogP contribution in [0.4, 0.5) is 0 Å². The summed E-state index contributed by atoms with van der Waals surface area (Å²) < 4.78 is 6.02. The topological polar surface area (TPSA) is 48.1 Å². The van der Waals surface area contributed by atoms with Crippen LogP contribution in [0.1, 0.15) is 36.5 Å². The Hall–Kier alpha value is -1.87. The normalized spacial score (nSPS) is 10.8. The summed E-state index contributed by atoms with van der Waals surface area (Å²) in [6, 6.07) is 10.3. The first-order valence-electron chi connectivity index (χ1n) is 7.04. The summed E-state index contributed by atoms with van der Waals surface area (Å²) in [7, 11) is 0. The van der Waals surface area contributed by atoms with E-state index in [4.69, 9.17) is 10.5 Å². The minimum Gasteiger partial charge on any atom is -0.438 e. The molecular formula is C17H22N2O. The molecule has 2 rings (SSSR count). The van der Waals surface area contributed by atoms with Gasteiger partial charge in [-0.05, 0) is 49.1 Å². The number of nitrogens with two attached hydrogens (primary N) is 1. The lowest BCUT2D eigenvalue weighted by Crippen LogP contribution is -2.05. The Kier molecular flexibility index (Phi) is 4.74. The van der Waals surface area contributed by atoms with Crippen LogP contribution in [0.3, 0.4) is 0 Å². The number of ether oxygens (including phenoxy) is 1. The number of rotatable bonds is 5. The van der Waals surface area contributed by atoms with E-state index >= 15 is 0 Å². The molecular weight excluding hydrogens is 248 g/mol. The predicted molar refractivity (Wildman–Crippen MR) is 82.3 cm³/mol. The van der Waals surface area contributed by atoms with Gasteiger partial charge in [0.25, 0.3) is 0 Å². The van der Waals surface area contributed by atoms with Gasteiger partial charge in [-0.1, -0.05) is 32.0 Å². The quantitative estimate of drug-likeness (QED) is 0.898. The fourth-order valence-corrected chi connectivity index (χ4v) is 2.05. The predicted octanol–water partition coefficient (Wildman–Crippen LogP) is 3.81. The van der Waals surface area contributed by atoms with Crippen LogP contribution in [0, 0.1) is 6.92 Å². The second kappa shape index (κ2) is 6.53. The third-order valence-corrected chi connectivity index (χ3v) is 3.35. The maximum absolute atomic E-state index is 6.02. The smallest absolute Gasteiger partial charge is 0.222 e. The molecule has 0 bridgehead atoms. The van der Waals surface area contributed by atoms with Gasteiger partial charge in [0.1, 0.15) is 5.75 Å². The van der Waals surface area contributed by atoms with Crippen molar-refractivity contribution in [1.29, 1.82) is 0 Å². The van der Waals surface area contributed by atoms with Gasteiger partial charge in [0.15, 0.2) is 0 Å². The molecule has 2 aromatic rings. The summed E-state index contributed by atoms with van der Waals surface area (Å²) >= 11 is 0. The molecule has 3 heteroatoms. The van der Waals surface area contributed by atoms with E-state index in [1.165, 1.54) is 5.56 Å². The number of hydrogen-bond donors (Lipinski definition) is 1. The van der Waals surface area contributed by atoms with E-state index in [1.54, 1.807) is 6.20 Å². The fraction of sp³-hybridized carbons (Fsp3) is 0.353. The SMILES string of the molecule is Cc1ccc(C(C)C)cc1Oc1ncccc1CCN. The number of aromatic nitrogens is 1. The van der Waals surface area contributed by atoms with E-state index < -0.39 is 0 Å². The molecule has 3 nitrogen and oxygen atoms in total. The lowest BCUT2D eigenvalue weighted by atomic mass is 10.0. The Morgan fingerprint density at radius 3 is 2.75 bits per heavy atom. The number of aryl methyl sites for hydroxylation is 1. The molecule has 1 aromatic heterocycles. The molecule has 0 saturated carbocycles. The first-order valence-corrected chi connectivity index (χ1v) is 7.04. The number of pyridine rings is 1. The van der Waals surface area contributed by atoms with Crippen LogP contribution >= 0.6 is 0 Å². The summed E-state index contributed by atoms with van der Waals surface area (Å²) in [6.07, 6.45) is 2.52. The number of benzene rings is 1. The highest BCUT2D eigenvalue weighted by Gasteiger charge is 2.09. The molecule has 0 radical (unpaired) electrons. The van der Waals surface area contributed by atoms with Crippen molar-refractivity contribution in [3.05, 3.63) is 53.2 Å². The summed E-state index contributed by atoms with van der Waals surface area (Å²) in [5.74, 6) is 2.00. The van der Waals surface area contributed by atoms with Gasteiger partial charge in [-0.3, -0.25) is 0 Å². The van der Waals surface area contributed by atoms with Crippen molar-refractivity contribution in [2.75, 3.05) is 6.54 Å². The first-order chi connectivity index (χ1) is 9.61. The molecule has 0 fully saturated rings. The van der Waals surface area contributed by atoms with Crippen LogP contribution in [0.5, 0.6) is 11.6 Å². The van der Waals surface area contributed by atoms with E-state index in [0.29, 0.717) is 18.3 Å². The van der Waals surface area contributed by atoms with E-state index in [0.717, 1.165) is 23.3 Å². The van der Waals surface area contributed by atoms with Gasteiger partial charge in [0.05, 0.1) is 0 Å². The molecule has 0 saturated heterocycles. The minimum atomic E-state index is 0.477. The largest absolute Gasteiger partial charge is 0.438 e. The summed E-state index contributed by atoms with van der Waals surface area (Å²) in [5.41, 5.74) is 9.05. The van der Waals surface area contributed by atoms with Crippen LogP contribution < -0.4 is 10.5 Å². The molecule has 106 valence electrons. The second-order valence-corrected chi connectivity index (χ2v) is 5.29. The van der Waals surface area contributed by atoms with Gasteiger partial charge in [0.2, 0.25) is 5.88 Å². The van der Waals surface area contributed by atoms with Gasteiger partial charge < -0.3 is 10.5 Å². The van der Waals surface area contributed by atoms with Gasteiger partial charge in [0, 0.05) is 11.8 Å². The molecule has 0 atom stereocenters. The van der Waals surface area contributed by atoms with Gasteiger partial charge in [-0.2, -0.15) is 0 Å². The first kappa shape index (κ1) is 14.5. The summed E-state index contributed by atoms with van der Waals surface area (Å²) in [6.45, 7) is 6.99. The third-order valence-electron chi connectivity index (χ3n) is 3.35. The van der Waals surface area contributed by atoms with Crippen LogP contribution in [0.2, 0.25) is 0 Å². The second-order valence-electron chi connectivity index (χ2n) is 5.29. The third kappa shape index (κ3) is 3.36. The van der Waals surface area contributed by atoms with Crippen molar-refractivity contribution in [2.24, 2.45) is 5.73 Å². The van der Waals surface area contributed by atoms with E-state index in [-0.39, 0.29) is 0 Å². The zero-order valence-electron chi connectivity index (χ0n) is 12.4. The molecule has 20 heavy (non-hydrogen) atoms. The summed E-state index contributed by atoms with van der Waals surface area (Å²) in [4.78, 5) is 4.33. The van der Waals surface area contributed by atoms with Crippen LogP contribution in [0.15, 0.2) is 36.5 Å². The lowest BCUT2D eigenvalue weighted by Gasteiger charge is -2.14.